The van der Waals surface area contributed by atoms with Crippen LogP contribution in [-0.4, -0.2) is 6.29 Å². The Kier molecular flexibility index (Phi) is 3.93. The SMILES string of the molecule is O=C[C@@H]1CC[C@@H]2CC(c3ccc(Cl)cc3)CC[C@@H]2C1. The van der Waals surface area contributed by atoms with Gasteiger partial charge in [0, 0.05) is 10.9 Å². The minimum Gasteiger partial charge on any atom is -0.303 e. The number of rotatable bonds is 2. The smallest absolute Gasteiger partial charge is 0.123 e. The second kappa shape index (κ2) is 5.66. The summed E-state index contributed by atoms with van der Waals surface area (Å²) >= 11 is 5.96. The number of hydrogen-bond donors (Lipinski definition) is 0. The molecule has 3 rings (SSSR count). The van der Waals surface area contributed by atoms with E-state index in [4.69, 9.17) is 11.6 Å². The van der Waals surface area contributed by atoms with Crippen molar-refractivity contribution in [2.45, 2.75) is 44.4 Å². The van der Waals surface area contributed by atoms with E-state index in [0.717, 1.165) is 29.7 Å². The maximum absolute atomic E-state index is 10.9. The largest absolute Gasteiger partial charge is 0.303 e. The third-order valence-electron chi connectivity index (χ3n) is 5.19. The first-order chi connectivity index (χ1) is 9.26. The fraction of sp³-hybridized carbons (Fsp3) is 0.588. The summed E-state index contributed by atoms with van der Waals surface area (Å²) in [5, 5.41) is 0.823. The second-order valence-electron chi connectivity index (χ2n) is 6.29. The molecule has 2 saturated carbocycles. The molecule has 1 nitrogen and oxygen atoms in total. The van der Waals surface area contributed by atoms with Gasteiger partial charge in [-0.1, -0.05) is 23.7 Å². The van der Waals surface area contributed by atoms with Gasteiger partial charge in [-0.05, 0) is 74.0 Å². The molecule has 1 unspecified atom stereocenters. The van der Waals surface area contributed by atoms with Gasteiger partial charge in [0.25, 0.3) is 0 Å². The van der Waals surface area contributed by atoms with Crippen LogP contribution in [0.1, 0.15) is 50.0 Å². The molecular formula is C17H21ClO. The summed E-state index contributed by atoms with van der Waals surface area (Å²) in [6.45, 7) is 0. The molecule has 2 aliphatic carbocycles. The molecule has 1 aromatic rings. The summed E-state index contributed by atoms with van der Waals surface area (Å²) in [4.78, 5) is 10.9. The van der Waals surface area contributed by atoms with Crippen LogP contribution in [0.25, 0.3) is 0 Å². The van der Waals surface area contributed by atoms with E-state index >= 15 is 0 Å². The maximum Gasteiger partial charge on any atom is 0.123 e. The Morgan fingerprint density at radius 3 is 2.37 bits per heavy atom. The summed E-state index contributed by atoms with van der Waals surface area (Å²) < 4.78 is 0. The Morgan fingerprint density at radius 2 is 1.63 bits per heavy atom. The van der Waals surface area contributed by atoms with Gasteiger partial charge in [-0.15, -0.1) is 0 Å². The van der Waals surface area contributed by atoms with Crippen LogP contribution in [0.4, 0.5) is 0 Å². The summed E-state index contributed by atoms with van der Waals surface area (Å²) in [6, 6.07) is 8.38. The van der Waals surface area contributed by atoms with Gasteiger partial charge in [-0.2, -0.15) is 0 Å². The van der Waals surface area contributed by atoms with Crippen molar-refractivity contribution in [3.05, 3.63) is 34.9 Å². The molecule has 0 spiro atoms. The zero-order chi connectivity index (χ0) is 13.2. The quantitative estimate of drug-likeness (QED) is 0.707. The van der Waals surface area contributed by atoms with Crippen LogP contribution in [0.5, 0.6) is 0 Å². The molecule has 102 valence electrons. The van der Waals surface area contributed by atoms with E-state index in [1.54, 1.807) is 0 Å². The van der Waals surface area contributed by atoms with Crippen LogP contribution >= 0.6 is 11.6 Å². The zero-order valence-corrected chi connectivity index (χ0v) is 12.0. The number of hydrogen-bond acceptors (Lipinski definition) is 1. The maximum atomic E-state index is 10.9. The molecule has 0 amide bonds. The van der Waals surface area contributed by atoms with E-state index < -0.39 is 0 Å². The van der Waals surface area contributed by atoms with Gasteiger partial charge in [0.15, 0.2) is 0 Å². The highest BCUT2D eigenvalue weighted by Gasteiger charge is 2.35. The van der Waals surface area contributed by atoms with E-state index in [9.17, 15) is 4.79 Å². The molecule has 19 heavy (non-hydrogen) atoms. The molecule has 1 aromatic carbocycles. The number of halogens is 1. The Labute approximate surface area is 120 Å². The van der Waals surface area contributed by atoms with Gasteiger partial charge in [0.05, 0.1) is 0 Å². The standard InChI is InChI=1S/C17H21ClO/c18-17-7-5-13(6-8-17)15-4-3-14-9-12(11-19)1-2-16(14)10-15/h5-8,11-12,14-16H,1-4,9-10H2/t12-,14-,15?,16-/m1/s1. The van der Waals surface area contributed by atoms with Crippen LogP contribution in [-0.2, 0) is 4.79 Å². The molecule has 0 heterocycles. The molecule has 2 aliphatic rings. The highest BCUT2D eigenvalue weighted by molar-refractivity contribution is 6.30. The lowest BCUT2D eigenvalue weighted by Crippen LogP contribution is -2.30. The number of aldehydes is 1. The topological polar surface area (TPSA) is 17.1 Å². The average Bonchev–Trinajstić information content (AvgIpc) is 2.47. The monoisotopic (exact) mass is 276 g/mol. The Balaban J connectivity index is 1.66. The molecule has 0 aliphatic heterocycles. The number of carbonyl (C=O) groups excluding carboxylic acids is 1. The first-order valence-electron chi connectivity index (χ1n) is 7.47. The molecule has 0 bridgehead atoms. The highest BCUT2D eigenvalue weighted by atomic mass is 35.5. The molecular weight excluding hydrogens is 256 g/mol. The number of fused-ring (bicyclic) bond motifs is 1. The summed E-state index contributed by atoms with van der Waals surface area (Å²) in [5.74, 6) is 2.68. The van der Waals surface area contributed by atoms with E-state index in [1.165, 1.54) is 37.5 Å². The van der Waals surface area contributed by atoms with Gasteiger partial charge in [-0.25, -0.2) is 0 Å². The van der Waals surface area contributed by atoms with Gasteiger partial charge in [0.2, 0.25) is 0 Å². The lowest BCUT2D eigenvalue weighted by atomic mass is 9.64. The van der Waals surface area contributed by atoms with Crippen molar-refractivity contribution < 1.29 is 4.79 Å². The summed E-state index contributed by atoms with van der Waals surface area (Å²) in [7, 11) is 0. The van der Waals surface area contributed by atoms with Crippen molar-refractivity contribution in [1.29, 1.82) is 0 Å². The fourth-order valence-electron chi connectivity index (χ4n) is 4.09. The Bertz CT molecular complexity index is 439. The molecule has 4 atom stereocenters. The molecule has 0 aromatic heterocycles. The van der Waals surface area contributed by atoms with Crippen molar-refractivity contribution in [3.8, 4) is 0 Å². The molecule has 2 heteroatoms. The number of carbonyl (C=O) groups is 1. The van der Waals surface area contributed by atoms with Crippen LogP contribution in [0.15, 0.2) is 24.3 Å². The average molecular weight is 277 g/mol. The van der Waals surface area contributed by atoms with Gasteiger partial charge in [-0.3, -0.25) is 0 Å². The molecule has 0 saturated heterocycles. The van der Waals surface area contributed by atoms with Gasteiger partial charge < -0.3 is 4.79 Å². The lowest BCUT2D eigenvalue weighted by Gasteiger charge is -2.41. The van der Waals surface area contributed by atoms with Crippen molar-refractivity contribution in [1.82, 2.24) is 0 Å². The fourth-order valence-corrected chi connectivity index (χ4v) is 4.21. The normalized spacial score (nSPS) is 34.6. The minimum absolute atomic E-state index is 0.341. The van der Waals surface area contributed by atoms with Crippen LogP contribution in [0, 0.1) is 17.8 Å². The molecule has 0 radical (unpaired) electrons. The Morgan fingerprint density at radius 1 is 0.947 bits per heavy atom. The summed E-state index contributed by atoms with van der Waals surface area (Å²) in [5.41, 5.74) is 1.44. The molecule has 2 fully saturated rings. The predicted molar refractivity (Wildman–Crippen MR) is 78.4 cm³/mol. The first-order valence-corrected chi connectivity index (χ1v) is 7.85. The van der Waals surface area contributed by atoms with Crippen LogP contribution in [0.3, 0.4) is 0 Å². The van der Waals surface area contributed by atoms with Gasteiger partial charge >= 0.3 is 0 Å². The summed E-state index contributed by atoms with van der Waals surface area (Å²) in [6.07, 6.45) is 8.55. The van der Waals surface area contributed by atoms with E-state index in [2.05, 4.69) is 12.1 Å². The minimum atomic E-state index is 0.341. The van der Waals surface area contributed by atoms with E-state index in [0.29, 0.717) is 11.8 Å². The number of benzene rings is 1. The molecule has 0 N–H and O–H groups in total. The predicted octanol–water partition coefficient (Wildman–Crippen LogP) is 4.84. The van der Waals surface area contributed by atoms with Crippen LogP contribution in [0.2, 0.25) is 5.02 Å². The van der Waals surface area contributed by atoms with E-state index in [1.807, 2.05) is 12.1 Å². The third kappa shape index (κ3) is 2.86. The second-order valence-corrected chi connectivity index (χ2v) is 6.73. The van der Waals surface area contributed by atoms with Crippen molar-refractivity contribution in [2.24, 2.45) is 17.8 Å². The van der Waals surface area contributed by atoms with Crippen molar-refractivity contribution in [3.63, 3.8) is 0 Å². The van der Waals surface area contributed by atoms with E-state index in [-0.39, 0.29) is 0 Å². The van der Waals surface area contributed by atoms with Gasteiger partial charge in [0.1, 0.15) is 6.29 Å². The lowest BCUT2D eigenvalue weighted by molar-refractivity contribution is -0.113. The zero-order valence-electron chi connectivity index (χ0n) is 11.2. The van der Waals surface area contributed by atoms with Crippen molar-refractivity contribution in [2.75, 3.05) is 0 Å². The first kappa shape index (κ1) is 13.2. The Hall–Kier alpha value is -0.820. The third-order valence-corrected chi connectivity index (χ3v) is 5.44. The van der Waals surface area contributed by atoms with Crippen LogP contribution < -0.4 is 0 Å². The highest BCUT2D eigenvalue weighted by Crippen LogP contribution is 2.47. The van der Waals surface area contributed by atoms with Crippen molar-refractivity contribution >= 4 is 17.9 Å².